The summed E-state index contributed by atoms with van der Waals surface area (Å²) in [4.78, 5) is 11.5. The second-order valence-corrected chi connectivity index (χ2v) is 3.83. The van der Waals surface area contributed by atoms with E-state index in [1.165, 1.54) is 0 Å². The molecular formula is C10H17N5O2. The number of fused-ring (bicyclic) bond motifs is 1. The van der Waals surface area contributed by atoms with Gasteiger partial charge in [0.1, 0.15) is 0 Å². The van der Waals surface area contributed by atoms with Crippen molar-refractivity contribution in [3.63, 3.8) is 0 Å². The van der Waals surface area contributed by atoms with Gasteiger partial charge in [0.15, 0.2) is 5.82 Å². The van der Waals surface area contributed by atoms with Gasteiger partial charge in [-0.15, -0.1) is 0 Å². The molecule has 7 heteroatoms. The maximum Gasteiger partial charge on any atom is 0.320 e. The Kier molecular flexibility index (Phi) is 3.94. The van der Waals surface area contributed by atoms with E-state index in [1.54, 1.807) is 7.11 Å². The highest BCUT2D eigenvalue weighted by molar-refractivity contribution is 5.89. The van der Waals surface area contributed by atoms with Crippen LogP contribution in [0.3, 0.4) is 0 Å². The molecule has 1 aromatic heterocycles. The molecule has 0 fully saturated rings. The number of ether oxygens (including phenoxy) is 1. The van der Waals surface area contributed by atoms with Crippen molar-refractivity contribution in [2.75, 3.05) is 32.1 Å². The fraction of sp³-hybridized carbons (Fsp3) is 0.600. The quantitative estimate of drug-likeness (QED) is 0.549. The Bertz CT molecular complexity index is 390. The van der Waals surface area contributed by atoms with Crippen LogP contribution in [-0.4, -0.2) is 43.0 Å². The molecule has 1 aliphatic heterocycles. The van der Waals surface area contributed by atoms with Crippen molar-refractivity contribution in [2.45, 2.75) is 13.0 Å². The highest BCUT2D eigenvalue weighted by atomic mass is 16.5. The maximum atomic E-state index is 11.5. The number of carbonyl (C=O) groups excluding carboxylic acids is 1. The number of carbonyl (C=O) groups is 1. The monoisotopic (exact) mass is 239 g/mol. The standard InChI is InChI=1S/C10H17N5O2/c1-17-5-4-12-10(16)13-9-7-6-11-3-2-8(7)14-15-9/h11H,2-6H2,1H3,(H3,12,13,14,15,16). The van der Waals surface area contributed by atoms with Gasteiger partial charge >= 0.3 is 6.03 Å². The molecule has 0 unspecified atom stereocenters. The number of aromatic nitrogens is 2. The van der Waals surface area contributed by atoms with E-state index < -0.39 is 0 Å². The van der Waals surface area contributed by atoms with Crippen LogP contribution in [0.15, 0.2) is 0 Å². The third kappa shape index (κ3) is 2.95. The van der Waals surface area contributed by atoms with Crippen LogP contribution in [0, 0.1) is 0 Å². The number of H-pyrrole nitrogens is 1. The summed E-state index contributed by atoms with van der Waals surface area (Å²) in [6.45, 7) is 2.65. The number of hydrogen-bond acceptors (Lipinski definition) is 4. The van der Waals surface area contributed by atoms with Crippen molar-refractivity contribution in [3.05, 3.63) is 11.3 Å². The number of nitrogens with one attached hydrogen (secondary N) is 4. The molecule has 2 amide bonds. The van der Waals surface area contributed by atoms with E-state index >= 15 is 0 Å². The van der Waals surface area contributed by atoms with E-state index in [1.807, 2.05) is 0 Å². The Balaban J connectivity index is 1.90. The molecule has 0 bridgehead atoms. The van der Waals surface area contributed by atoms with Crippen LogP contribution in [0.2, 0.25) is 0 Å². The van der Waals surface area contributed by atoms with Crippen LogP contribution < -0.4 is 16.0 Å². The van der Waals surface area contributed by atoms with Crippen LogP contribution in [0.4, 0.5) is 10.6 Å². The van der Waals surface area contributed by atoms with Gasteiger partial charge in [0.25, 0.3) is 0 Å². The van der Waals surface area contributed by atoms with Gasteiger partial charge in [0, 0.05) is 44.4 Å². The van der Waals surface area contributed by atoms with E-state index in [-0.39, 0.29) is 6.03 Å². The molecule has 4 N–H and O–H groups in total. The van der Waals surface area contributed by atoms with Crippen LogP contribution in [0.5, 0.6) is 0 Å². The zero-order valence-electron chi connectivity index (χ0n) is 9.80. The van der Waals surface area contributed by atoms with Crippen LogP contribution in [0.1, 0.15) is 11.3 Å². The summed E-state index contributed by atoms with van der Waals surface area (Å²) in [6, 6.07) is -0.262. The normalized spacial score (nSPS) is 14.2. The van der Waals surface area contributed by atoms with Crippen molar-refractivity contribution < 1.29 is 9.53 Å². The van der Waals surface area contributed by atoms with Gasteiger partial charge in [-0.25, -0.2) is 4.79 Å². The van der Waals surface area contributed by atoms with E-state index in [0.29, 0.717) is 19.0 Å². The summed E-state index contributed by atoms with van der Waals surface area (Å²) < 4.78 is 4.84. The number of anilines is 1. The zero-order chi connectivity index (χ0) is 12.1. The SMILES string of the molecule is COCCNC(=O)Nc1n[nH]c2c1CNCC2. The topological polar surface area (TPSA) is 91.1 Å². The molecule has 1 aromatic rings. The predicted octanol–water partition coefficient (Wildman–Crippen LogP) is -0.177. The number of urea groups is 1. The number of nitrogens with zero attached hydrogens (tertiary/aromatic N) is 1. The number of hydrogen-bond donors (Lipinski definition) is 4. The first-order valence-electron chi connectivity index (χ1n) is 5.62. The Labute approximate surface area is 99.3 Å². The zero-order valence-corrected chi connectivity index (χ0v) is 9.80. The molecule has 2 rings (SSSR count). The Morgan fingerprint density at radius 1 is 1.59 bits per heavy atom. The lowest BCUT2D eigenvalue weighted by molar-refractivity contribution is 0.198. The minimum absolute atomic E-state index is 0.262. The van der Waals surface area contributed by atoms with Crippen molar-refractivity contribution in [3.8, 4) is 0 Å². The van der Waals surface area contributed by atoms with E-state index in [2.05, 4.69) is 26.1 Å². The molecule has 0 saturated carbocycles. The first kappa shape index (κ1) is 11.9. The smallest absolute Gasteiger partial charge is 0.320 e. The molecule has 0 spiro atoms. The lowest BCUT2D eigenvalue weighted by Gasteiger charge is -2.13. The number of rotatable bonds is 4. The molecule has 0 saturated heterocycles. The first-order chi connectivity index (χ1) is 8.31. The van der Waals surface area contributed by atoms with E-state index in [9.17, 15) is 4.79 Å². The lowest BCUT2D eigenvalue weighted by Crippen LogP contribution is -2.32. The Morgan fingerprint density at radius 2 is 2.47 bits per heavy atom. The minimum atomic E-state index is -0.262. The lowest BCUT2D eigenvalue weighted by atomic mass is 10.1. The molecule has 1 aliphatic rings. The van der Waals surface area contributed by atoms with Crippen molar-refractivity contribution >= 4 is 11.8 Å². The van der Waals surface area contributed by atoms with Crippen LogP contribution in [0.25, 0.3) is 0 Å². The van der Waals surface area contributed by atoms with Gasteiger partial charge in [-0.3, -0.25) is 10.4 Å². The fourth-order valence-electron chi connectivity index (χ4n) is 1.75. The second-order valence-electron chi connectivity index (χ2n) is 3.83. The molecule has 2 heterocycles. The summed E-state index contributed by atoms with van der Waals surface area (Å²) in [7, 11) is 1.59. The summed E-state index contributed by atoms with van der Waals surface area (Å²) in [5.41, 5.74) is 2.13. The third-order valence-corrected chi connectivity index (χ3v) is 2.63. The summed E-state index contributed by atoms with van der Waals surface area (Å²) in [5, 5.41) is 15.7. The van der Waals surface area contributed by atoms with Crippen molar-refractivity contribution in [2.24, 2.45) is 0 Å². The van der Waals surface area contributed by atoms with Gasteiger partial charge < -0.3 is 15.4 Å². The largest absolute Gasteiger partial charge is 0.383 e. The van der Waals surface area contributed by atoms with Crippen LogP contribution >= 0.6 is 0 Å². The molecule has 7 nitrogen and oxygen atoms in total. The molecule has 17 heavy (non-hydrogen) atoms. The molecule has 0 radical (unpaired) electrons. The third-order valence-electron chi connectivity index (χ3n) is 2.63. The van der Waals surface area contributed by atoms with E-state index in [4.69, 9.17) is 4.74 Å². The second kappa shape index (κ2) is 5.65. The average Bonchev–Trinajstić information content (AvgIpc) is 2.73. The fourth-order valence-corrected chi connectivity index (χ4v) is 1.75. The highest BCUT2D eigenvalue weighted by Crippen LogP contribution is 2.19. The van der Waals surface area contributed by atoms with Crippen molar-refractivity contribution in [1.29, 1.82) is 0 Å². The number of methoxy groups -OCH3 is 1. The molecule has 94 valence electrons. The maximum absolute atomic E-state index is 11.5. The van der Waals surface area contributed by atoms with Gasteiger partial charge in [0.05, 0.1) is 6.61 Å². The average molecular weight is 239 g/mol. The highest BCUT2D eigenvalue weighted by Gasteiger charge is 2.17. The minimum Gasteiger partial charge on any atom is -0.383 e. The van der Waals surface area contributed by atoms with Gasteiger partial charge in [-0.2, -0.15) is 5.10 Å². The summed E-state index contributed by atoms with van der Waals surface area (Å²) >= 11 is 0. The Morgan fingerprint density at radius 3 is 3.29 bits per heavy atom. The van der Waals surface area contributed by atoms with Crippen molar-refractivity contribution in [1.82, 2.24) is 20.8 Å². The van der Waals surface area contributed by atoms with Gasteiger partial charge in [0.2, 0.25) is 0 Å². The summed E-state index contributed by atoms with van der Waals surface area (Å²) in [6.07, 6.45) is 0.912. The van der Waals surface area contributed by atoms with Gasteiger partial charge in [-0.05, 0) is 0 Å². The number of aromatic amines is 1. The number of amides is 2. The molecule has 0 aliphatic carbocycles. The first-order valence-corrected chi connectivity index (χ1v) is 5.62. The Hall–Kier alpha value is -1.60. The predicted molar refractivity (Wildman–Crippen MR) is 62.9 cm³/mol. The molecule has 0 atom stereocenters. The summed E-state index contributed by atoms with van der Waals surface area (Å²) in [5.74, 6) is 0.599. The molecular weight excluding hydrogens is 222 g/mol. The van der Waals surface area contributed by atoms with Crippen LogP contribution in [-0.2, 0) is 17.7 Å². The molecule has 0 aromatic carbocycles. The van der Waals surface area contributed by atoms with E-state index in [0.717, 1.165) is 30.8 Å². The van der Waals surface area contributed by atoms with Gasteiger partial charge in [-0.1, -0.05) is 0 Å².